The van der Waals surface area contributed by atoms with E-state index in [-0.39, 0.29) is 12.2 Å². The number of nitrogens with two attached hydrogens (primary N) is 2. The molecule has 11 nitrogen and oxygen atoms in total. The summed E-state index contributed by atoms with van der Waals surface area (Å²) in [4.78, 5) is 52.7. The van der Waals surface area contributed by atoms with Crippen LogP contribution in [0, 0.1) is 0 Å². The number of thiol groups is 1. The van der Waals surface area contributed by atoms with E-state index in [4.69, 9.17) is 11.5 Å². The van der Waals surface area contributed by atoms with Gasteiger partial charge in [-0.15, -0.1) is 0 Å². The Hall–Kier alpha value is -3.09. The number of aliphatic carboxylic acids is 1. The van der Waals surface area contributed by atoms with Gasteiger partial charge in [-0.05, 0) is 44.4 Å². The number of carbonyl (C=O) groups is 4. The molecule has 0 aliphatic heterocycles. The van der Waals surface area contributed by atoms with Crippen LogP contribution in [0.2, 0.25) is 0 Å². The quantitative estimate of drug-likeness (QED) is 0.127. The van der Waals surface area contributed by atoms with Crippen molar-refractivity contribution in [1.29, 1.82) is 0 Å². The van der Waals surface area contributed by atoms with Crippen LogP contribution >= 0.6 is 12.6 Å². The third kappa shape index (κ3) is 8.26. The lowest BCUT2D eigenvalue weighted by molar-refractivity contribution is -0.142. The molecule has 4 atom stereocenters. The molecule has 35 heavy (non-hydrogen) atoms. The van der Waals surface area contributed by atoms with Gasteiger partial charge in [0.05, 0.1) is 6.04 Å². The number of carbonyl (C=O) groups excluding carboxylic acids is 3. The number of para-hydroxylation sites is 1. The highest BCUT2D eigenvalue weighted by Crippen LogP contribution is 2.19. The molecule has 4 unspecified atom stereocenters. The van der Waals surface area contributed by atoms with Gasteiger partial charge in [0.2, 0.25) is 17.7 Å². The molecule has 0 aliphatic carbocycles. The second-order valence-electron chi connectivity index (χ2n) is 8.34. The molecular weight excluding hydrogens is 472 g/mol. The number of carboxylic acids is 1. The Bertz CT molecular complexity index is 1030. The van der Waals surface area contributed by atoms with Crippen LogP contribution in [0.1, 0.15) is 31.7 Å². The largest absolute Gasteiger partial charge is 0.480 e. The maximum atomic E-state index is 12.9. The second-order valence-corrected chi connectivity index (χ2v) is 8.71. The zero-order chi connectivity index (χ0) is 26.0. The molecule has 0 bridgehead atoms. The van der Waals surface area contributed by atoms with Gasteiger partial charge in [-0.1, -0.05) is 18.2 Å². The zero-order valence-electron chi connectivity index (χ0n) is 19.6. The first-order valence-electron chi connectivity index (χ1n) is 11.4. The average Bonchev–Trinajstić information content (AvgIpc) is 3.23. The van der Waals surface area contributed by atoms with Crippen LogP contribution in [0.25, 0.3) is 10.9 Å². The molecule has 9 N–H and O–H groups in total. The smallest absolute Gasteiger partial charge is 0.326 e. The predicted octanol–water partition coefficient (Wildman–Crippen LogP) is -0.345. The lowest BCUT2D eigenvalue weighted by atomic mass is 10.0. The highest BCUT2D eigenvalue weighted by molar-refractivity contribution is 7.80. The van der Waals surface area contributed by atoms with E-state index < -0.39 is 47.9 Å². The molecule has 2 aromatic rings. The van der Waals surface area contributed by atoms with Crippen LogP contribution in [0.15, 0.2) is 30.5 Å². The van der Waals surface area contributed by atoms with E-state index in [9.17, 15) is 24.3 Å². The normalized spacial score (nSPS) is 14.5. The SMILES string of the molecule is CC(N)C(=O)NC(CCCCN)C(=O)NC(CS)C(=O)NC(Cc1c[nH]c2ccccc12)C(=O)O. The number of aromatic amines is 1. The molecule has 192 valence electrons. The molecule has 0 aliphatic rings. The van der Waals surface area contributed by atoms with Gasteiger partial charge in [-0.2, -0.15) is 12.6 Å². The Morgan fingerprint density at radius 3 is 2.26 bits per heavy atom. The van der Waals surface area contributed by atoms with Crippen molar-refractivity contribution in [3.05, 3.63) is 36.0 Å². The fourth-order valence-electron chi connectivity index (χ4n) is 3.52. The van der Waals surface area contributed by atoms with Gasteiger partial charge < -0.3 is 37.5 Å². The highest BCUT2D eigenvalue weighted by atomic mass is 32.1. The van der Waals surface area contributed by atoms with Crippen LogP contribution in [0.4, 0.5) is 0 Å². The first-order valence-corrected chi connectivity index (χ1v) is 12.1. The number of benzene rings is 1. The van der Waals surface area contributed by atoms with Gasteiger partial charge in [0.25, 0.3) is 0 Å². The summed E-state index contributed by atoms with van der Waals surface area (Å²) in [6, 6.07) is 3.36. The maximum absolute atomic E-state index is 12.9. The minimum Gasteiger partial charge on any atom is -0.480 e. The van der Waals surface area contributed by atoms with Crippen molar-refractivity contribution in [2.45, 2.75) is 56.8 Å². The van der Waals surface area contributed by atoms with Crippen molar-refractivity contribution in [3.8, 4) is 0 Å². The van der Waals surface area contributed by atoms with Gasteiger partial charge in [0.1, 0.15) is 18.1 Å². The van der Waals surface area contributed by atoms with Crippen molar-refractivity contribution < 1.29 is 24.3 Å². The summed E-state index contributed by atoms with van der Waals surface area (Å²) in [6.07, 6.45) is 3.29. The zero-order valence-corrected chi connectivity index (χ0v) is 20.5. The van der Waals surface area contributed by atoms with E-state index in [2.05, 4.69) is 33.6 Å². The van der Waals surface area contributed by atoms with E-state index in [1.54, 1.807) is 6.20 Å². The van der Waals surface area contributed by atoms with E-state index >= 15 is 0 Å². The third-order valence-corrected chi connectivity index (χ3v) is 5.89. The molecule has 0 saturated carbocycles. The van der Waals surface area contributed by atoms with Gasteiger partial charge in [-0.3, -0.25) is 14.4 Å². The number of hydrogen-bond donors (Lipinski definition) is 8. The summed E-state index contributed by atoms with van der Waals surface area (Å²) >= 11 is 4.15. The first-order chi connectivity index (χ1) is 16.7. The van der Waals surface area contributed by atoms with Crippen LogP contribution in [0.3, 0.4) is 0 Å². The molecular formula is C23H34N6O5S. The van der Waals surface area contributed by atoms with Crippen LogP contribution < -0.4 is 27.4 Å². The van der Waals surface area contributed by atoms with Crippen molar-refractivity contribution in [2.75, 3.05) is 12.3 Å². The fourth-order valence-corrected chi connectivity index (χ4v) is 3.78. The maximum Gasteiger partial charge on any atom is 0.326 e. The van der Waals surface area contributed by atoms with Crippen LogP contribution in [-0.4, -0.2) is 70.2 Å². The molecule has 12 heteroatoms. The van der Waals surface area contributed by atoms with Gasteiger partial charge >= 0.3 is 5.97 Å². The third-order valence-electron chi connectivity index (χ3n) is 5.52. The number of H-pyrrole nitrogens is 1. The molecule has 1 aromatic heterocycles. The van der Waals surface area contributed by atoms with E-state index in [0.29, 0.717) is 25.8 Å². The number of rotatable bonds is 14. The van der Waals surface area contributed by atoms with Crippen LogP contribution in [-0.2, 0) is 25.6 Å². The average molecular weight is 507 g/mol. The highest BCUT2D eigenvalue weighted by Gasteiger charge is 2.29. The number of fused-ring (bicyclic) bond motifs is 1. The molecule has 0 fully saturated rings. The number of carboxylic acid groups (broad SMARTS) is 1. The second kappa shape index (κ2) is 13.7. The Morgan fingerprint density at radius 1 is 1.00 bits per heavy atom. The number of aromatic nitrogens is 1. The number of nitrogens with one attached hydrogen (secondary N) is 4. The number of hydrogen-bond acceptors (Lipinski definition) is 7. The summed E-state index contributed by atoms with van der Waals surface area (Å²) in [5, 5.41) is 18.2. The van der Waals surface area contributed by atoms with E-state index in [0.717, 1.165) is 16.5 Å². The van der Waals surface area contributed by atoms with Crippen molar-refractivity contribution in [2.24, 2.45) is 11.5 Å². The Balaban J connectivity index is 2.08. The fraction of sp³-hybridized carbons (Fsp3) is 0.478. The molecule has 3 amide bonds. The van der Waals surface area contributed by atoms with Gasteiger partial charge in [-0.25, -0.2) is 4.79 Å². The molecule has 0 saturated heterocycles. The lowest BCUT2D eigenvalue weighted by Gasteiger charge is -2.24. The van der Waals surface area contributed by atoms with Crippen molar-refractivity contribution in [3.63, 3.8) is 0 Å². The molecule has 1 aromatic carbocycles. The Kier molecular flexibility index (Phi) is 11.0. The summed E-state index contributed by atoms with van der Waals surface area (Å²) in [5.74, 6) is -3.08. The number of unbranched alkanes of at least 4 members (excludes halogenated alkanes) is 1. The Labute approximate surface area is 209 Å². The minimum atomic E-state index is -1.22. The van der Waals surface area contributed by atoms with Crippen molar-refractivity contribution >= 4 is 47.2 Å². The minimum absolute atomic E-state index is 0.0461. The van der Waals surface area contributed by atoms with E-state index in [1.807, 2.05) is 24.3 Å². The lowest BCUT2D eigenvalue weighted by Crippen LogP contribution is -2.57. The summed E-state index contributed by atoms with van der Waals surface area (Å²) in [5.41, 5.74) is 12.7. The molecule has 0 spiro atoms. The monoisotopic (exact) mass is 506 g/mol. The molecule has 2 rings (SSSR count). The number of amides is 3. The van der Waals surface area contributed by atoms with E-state index in [1.165, 1.54) is 6.92 Å². The summed E-state index contributed by atoms with van der Waals surface area (Å²) in [6.45, 7) is 1.93. The van der Waals surface area contributed by atoms with Gasteiger partial charge in [0.15, 0.2) is 0 Å². The molecule has 1 heterocycles. The molecule has 0 radical (unpaired) electrons. The predicted molar refractivity (Wildman–Crippen MR) is 136 cm³/mol. The van der Waals surface area contributed by atoms with Crippen molar-refractivity contribution in [1.82, 2.24) is 20.9 Å². The summed E-state index contributed by atoms with van der Waals surface area (Å²) < 4.78 is 0. The topological polar surface area (TPSA) is 192 Å². The Morgan fingerprint density at radius 2 is 1.63 bits per heavy atom. The summed E-state index contributed by atoms with van der Waals surface area (Å²) in [7, 11) is 0. The van der Waals surface area contributed by atoms with Gasteiger partial charge in [0, 0.05) is 29.3 Å². The standard InChI is InChI=1S/C23H34N6O5S/c1-13(25)20(30)27-17(8-4-5-9-24)21(31)29-19(12-35)22(32)28-18(23(33)34)10-14-11-26-16-7-3-2-6-15(14)16/h2-3,6-7,11,13,17-19,26,35H,4-5,8-10,12,24-25H2,1H3,(H,27,30)(H,28,32)(H,29,31)(H,33,34). The van der Waals surface area contributed by atoms with Crippen LogP contribution in [0.5, 0.6) is 0 Å². The first kappa shape index (κ1) is 28.1.